The number of rotatable bonds is 6. The van der Waals surface area contributed by atoms with Crippen molar-refractivity contribution in [1.82, 2.24) is 15.4 Å². The van der Waals surface area contributed by atoms with Gasteiger partial charge in [0.05, 0.1) is 13.7 Å². The summed E-state index contributed by atoms with van der Waals surface area (Å²) in [4.78, 5) is 12.0. The number of ether oxygens (including phenoxy) is 3. The summed E-state index contributed by atoms with van der Waals surface area (Å²) in [5, 5.41) is 10.5. The Balaban J connectivity index is 1.94. The molecule has 0 bridgehead atoms. The van der Waals surface area contributed by atoms with E-state index in [2.05, 4.69) is 15.4 Å². The lowest BCUT2D eigenvalue weighted by Gasteiger charge is -2.10. The van der Waals surface area contributed by atoms with E-state index in [1.165, 1.54) is 0 Å². The normalized spacial score (nSPS) is 10.3. The monoisotopic (exact) mass is 339 g/mol. The van der Waals surface area contributed by atoms with Gasteiger partial charge in [-0.05, 0) is 43.3 Å². The van der Waals surface area contributed by atoms with E-state index in [-0.39, 0.29) is 12.3 Å². The van der Waals surface area contributed by atoms with Gasteiger partial charge >= 0.3 is 5.97 Å². The van der Waals surface area contributed by atoms with Gasteiger partial charge in [-0.3, -0.25) is 0 Å². The van der Waals surface area contributed by atoms with Gasteiger partial charge in [0.15, 0.2) is 5.69 Å². The molecule has 2 aromatic carbocycles. The van der Waals surface area contributed by atoms with Crippen LogP contribution in [0.5, 0.6) is 17.2 Å². The first-order valence-corrected chi connectivity index (χ1v) is 7.72. The molecular formula is C18H17N3O4. The van der Waals surface area contributed by atoms with Crippen LogP contribution < -0.4 is 9.47 Å². The van der Waals surface area contributed by atoms with Crippen molar-refractivity contribution in [3.63, 3.8) is 0 Å². The average Bonchev–Trinajstić information content (AvgIpc) is 3.13. The Morgan fingerprint density at radius 1 is 1.04 bits per heavy atom. The fourth-order valence-corrected chi connectivity index (χ4v) is 2.28. The van der Waals surface area contributed by atoms with Crippen LogP contribution in [-0.4, -0.2) is 35.1 Å². The van der Waals surface area contributed by atoms with E-state index in [4.69, 9.17) is 14.2 Å². The molecule has 3 aromatic rings. The molecule has 1 heterocycles. The number of aromatic amines is 1. The van der Waals surface area contributed by atoms with Crippen molar-refractivity contribution in [2.24, 2.45) is 0 Å². The van der Waals surface area contributed by atoms with Crippen LogP contribution in [0.4, 0.5) is 0 Å². The topological polar surface area (TPSA) is 86.3 Å². The largest absolute Gasteiger partial charge is 0.497 e. The summed E-state index contributed by atoms with van der Waals surface area (Å²) >= 11 is 0. The number of benzene rings is 2. The molecule has 0 fully saturated rings. The minimum Gasteiger partial charge on any atom is -0.497 e. The van der Waals surface area contributed by atoms with E-state index >= 15 is 0 Å². The van der Waals surface area contributed by atoms with Gasteiger partial charge in [0.25, 0.3) is 0 Å². The summed E-state index contributed by atoms with van der Waals surface area (Å²) in [7, 11) is 1.60. The van der Waals surface area contributed by atoms with Gasteiger partial charge in [0, 0.05) is 5.56 Å². The molecule has 0 aliphatic rings. The van der Waals surface area contributed by atoms with E-state index in [0.29, 0.717) is 22.8 Å². The van der Waals surface area contributed by atoms with Gasteiger partial charge < -0.3 is 14.2 Å². The third-order valence-corrected chi connectivity index (χ3v) is 3.45. The Morgan fingerprint density at radius 2 is 1.76 bits per heavy atom. The summed E-state index contributed by atoms with van der Waals surface area (Å²) in [6, 6.07) is 14.5. The van der Waals surface area contributed by atoms with Crippen LogP contribution in [0.1, 0.15) is 17.4 Å². The summed E-state index contributed by atoms with van der Waals surface area (Å²) in [5.74, 6) is 1.38. The van der Waals surface area contributed by atoms with Gasteiger partial charge in [-0.2, -0.15) is 10.3 Å². The summed E-state index contributed by atoms with van der Waals surface area (Å²) in [5.41, 5.74) is 1.13. The third-order valence-electron chi connectivity index (χ3n) is 3.45. The predicted octanol–water partition coefficient (Wildman–Crippen LogP) is 3.45. The first-order valence-electron chi connectivity index (χ1n) is 7.72. The van der Waals surface area contributed by atoms with Crippen molar-refractivity contribution in [3.8, 4) is 28.5 Å². The highest BCUT2D eigenvalue weighted by Crippen LogP contribution is 2.34. The summed E-state index contributed by atoms with van der Waals surface area (Å²) < 4.78 is 16.1. The second-order valence-corrected chi connectivity index (χ2v) is 5.02. The van der Waals surface area contributed by atoms with Crippen molar-refractivity contribution in [3.05, 3.63) is 54.2 Å². The van der Waals surface area contributed by atoms with Crippen LogP contribution in [0, 0.1) is 0 Å². The first-order chi connectivity index (χ1) is 12.2. The van der Waals surface area contributed by atoms with Crippen molar-refractivity contribution in [2.45, 2.75) is 6.92 Å². The zero-order valence-electron chi connectivity index (χ0n) is 13.9. The van der Waals surface area contributed by atoms with Crippen LogP contribution in [-0.2, 0) is 4.74 Å². The number of H-pyrrole nitrogens is 1. The zero-order chi connectivity index (χ0) is 17.6. The standard InChI is InChI=1S/C18H17N3O4/c1-3-24-18(22)17-16(19-21-20-17)14-6-4-5-7-15(14)25-13-10-8-12(23-2)9-11-13/h4-11H,3H2,1-2H3,(H,19,20,21). The SMILES string of the molecule is CCOC(=O)c1n[nH]nc1-c1ccccc1Oc1ccc(OC)cc1. The van der Waals surface area contributed by atoms with Crippen LogP contribution in [0.15, 0.2) is 48.5 Å². The maximum absolute atomic E-state index is 12.0. The molecule has 1 aromatic heterocycles. The van der Waals surface area contributed by atoms with Crippen LogP contribution in [0.25, 0.3) is 11.3 Å². The minimum atomic E-state index is -0.537. The van der Waals surface area contributed by atoms with Gasteiger partial charge in [0.2, 0.25) is 0 Å². The smallest absolute Gasteiger partial charge is 0.361 e. The number of hydrogen-bond donors (Lipinski definition) is 1. The molecule has 0 radical (unpaired) electrons. The highest BCUT2D eigenvalue weighted by atomic mass is 16.5. The number of hydrogen-bond acceptors (Lipinski definition) is 6. The Kier molecular flexibility index (Phi) is 4.94. The molecule has 0 aliphatic heterocycles. The van der Waals surface area contributed by atoms with Gasteiger partial charge in [-0.25, -0.2) is 4.79 Å². The highest BCUT2D eigenvalue weighted by molar-refractivity contribution is 5.94. The number of aromatic nitrogens is 3. The zero-order valence-corrected chi connectivity index (χ0v) is 13.9. The fraction of sp³-hybridized carbons (Fsp3) is 0.167. The predicted molar refractivity (Wildman–Crippen MR) is 90.8 cm³/mol. The Morgan fingerprint density at radius 3 is 2.48 bits per heavy atom. The molecule has 0 saturated carbocycles. The highest BCUT2D eigenvalue weighted by Gasteiger charge is 2.21. The fourth-order valence-electron chi connectivity index (χ4n) is 2.28. The molecule has 0 saturated heterocycles. The lowest BCUT2D eigenvalue weighted by molar-refractivity contribution is 0.0520. The minimum absolute atomic E-state index is 0.118. The first kappa shape index (κ1) is 16.5. The van der Waals surface area contributed by atoms with Crippen molar-refractivity contribution >= 4 is 5.97 Å². The quantitative estimate of drug-likeness (QED) is 0.692. The Labute approximate surface area is 144 Å². The van der Waals surface area contributed by atoms with E-state index in [1.54, 1.807) is 50.4 Å². The number of esters is 1. The number of para-hydroxylation sites is 1. The van der Waals surface area contributed by atoms with Gasteiger partial charge in [-0.1, -0.05) is 12.1 Å². The van der Waals surface area contributed by atoms with Crippen molar-refractivity contribution in [2.75, 3.05) is 13.7 Å². The Bertz CT molecular complexity index is 859. The molecule has 0 amide bonds. The number of nitrogens with zero attached hydrogens (tertiary/aromatic N) is 2. The van der Waals surface area contributed by atoms with E-state index < -0.39 is 5.97 Å². The lowest BCUT2D eigenvalue weighted by atomic mass is 10.1. The van der Waals surface area contributed by atoms with Crippen LogP contribution in [0.3, 0.4) is 0 Å². The molecule has 0 unspecified atom stereocenters. The number of carbonyl (C=O) groups is 1. The molecule has 0 aliphatic carbocycles. The molecule has 25 heavy (non-hydrogen) atoms. The second-order valence-electron chi connectivity index (χ2n) is 5.02. The molecule has 1 N–H and O–H groups in total. The van der Waals surface area contributed by atoms with E-state index in [9.17, 15) is 4.79 Å². The van der Waals surface area contributed by atoms with Gasteiger partial charge in [-0.15, -0.1) is 5.10 Å². The number of nitrogens with one attached hydrogen (secondary N) is 1. The number of methoxy groups -OCH3 is 1. The van der Waals surface area contributed by atoms with Crippen molar-refractivity contribution in [1.29, 1.82) is 0 Å². The lowest BCUT2D eigenvalue weighted by Crippen LogP contribution is -2.07. The summed E-state index contributed by atoms with van der Waals surface area (Å²) in [6.07, 6.45) is 0. The van der Waals surface area contributed by atoms with Gasteiger partial charge in [0.1, 0.15) is 22.9 Å². The third kappa shape index (κ3) is 3.60. The molecule has 0 atom stereocenters. The summed E-state index contributed by atoms with van der Waals surface area (Å²) in [6.45, 7) is 1.99. The number of carbonyl (C=O) groups excluding carboxylic acids is 1. The van der Waals surface area contributed by atoms with Crippen LogP contribution in [0.2, 0.25) is 0 Å². The maximum Gasteiger partial charge on any atom is 0.361 e. The maximum atomic E-state index is 12.0. The molecule has 128 valence electrons. The molecule has 7 heteroatoms. The molecule has 7 nitrogen and oxygen atoms in total. The van der Waals surface area contributed by atoms with Crippen LogP contribution >= 0.6 is 0 Å². The Hall–Kier alpha value is -3.35. The van der Waals surface area contributed by atoms with E-state index in [0.717, 1.165) is 5.75 Å². The van der Waals surface area contributed by atoms with Crippen molar-refractivity contribution < 1.29 is 19.0 Å². The van der Waals surface area contributed by atoms with E-state index in [1.807, 2.05) is 12.1 Å². The molecule has 0 spiro atoms. The molecular weight excluding hydrogens is 322 g/mol. The molecule has 3 rings (SSSR count). The second kappa shape index (κ2) is 7.48. The average molecular weight is 339 g/mol.